The largest absolute Gasteiger partial charge is 0.380 e. The lowest BCUT2D eigenvalue weighted by atomic mass is 10.2. The van der Waals surface area contributed by atoms with Crippen LogP contribution in [0.2, 0.25) is 0 Å². The van der Waals surface area contributed by atoms with E-state index in [9.17, 15) is 0 Å². The van der Waals surface area contributed by atoms with Crippen molar-refractivity contribution in [1.82, 2.24) is 19.6 Å². The van der Waals surface area contributed by atoms with Crippen molar-refractivity contribution in [3.05, 3.63) is 33.9 Å². The monoisotopic (exact) mass is 570 g/mol. The zero-order chi connectivity index (χ0) is 25.3. The zero-order valence-electron chi connectivity index (χ0n) is 22.3. The number of rotatable bonds is 9. The maximum Gasteiger partial charge on any atom is 0.0788 e. The molecule has 0 spiro atoms. The van der Waals surface area contributed by atoms with Crippen LogP contribution in [0, 0.1) is 27.7 Å². The highest BCUT2D eigenvalue weighted by Crippen LogP contribution is 2.44. The van der Waals surface area contributed by atoms with E-state index in [2.05, 4.69) is 37.1 Å². The summed E-state index contributed by atoms with van der Waals surface area (Å²) in [5.41, 5.74) is 8.00. The van der Waals surface area contributed by atoms with Crippen LogP contribution >= 0.6 is 47.0 Å². The Morgan fingerprint density at radius 2 is 0.972 bits per heavy atom. The molecule has 0 atom stereocenters. The first kappa shape index (κ1) is 28.7. The second-order valence-electron chi connectivity index (χ2n) is 9.40. The minimum atomic E-state index is 0.487. The number of hydrogen-bond donors (Lipinski definition) is 0. The van der Waals surface area contributed by atoms with E-state index in [0.29, 0.717) is 9.16 Å². The number of thioether (sulfide) groups is 4. The van der Waals surface area contributed by atoms with Crippen molar-refractivity contribution < 1.29 is 9.47 Å². The first-order valence-corrected chi connectivity index (χ1v) is 17.5. The minimum Gasteiger partial charge on any atom is -0.380 e. The molecule has 0 saturated carbocycles. The van der Waals surface area contributed by atoms with E-state index in [1.165, 1.54) is 59.6 Å². The molecule has 2 aromatic heterocycles. The van der Waals surface area contributed by atoms with E-state index in [1.54, 1.807) is 0 Å². The Labute approximate surface area is 234 Å². The average Bonchev–Trinajstić information content (AvgIpc) is 3.25. The molecule has 6 nitrogen and oxygen atoms in total. The number of hydrogen-bond acceptors (Lipinski definition) is 8. The molecule has 10 heteroatoms. The molecule has 2 aliphatic rings. The molecule has 2 aromatic rings. The first-order chi connectivity index (χ1) is 17.6. The third kappa shape index (κ3) is 7.65. The summed E-state index contributed by atoms with van der Waals surface area (Å²) >= 11 is 8.03. The normalized spacial score (nSPS) is 19.1. The molecule has 36 heavy (non-hydrogen) atoms. The molecule has 0 bridgehead atoms. The number of unbranched alkanes of at least 4 members (excludes halogenated alkanes) is 3. The second-order valence-corrected chi connectivity index (χ2v) is 14.8. The van der Waals surface area contributed by atoms with Gasteiger partial charge in [-0.15, -0.1) is 47.0 Å². The molecule has 4 heterocycles. The van der Waals surface area contributed by atoms with Crippen LogP contribution in [0.25, 0.3) is 0 Å². The van der Waals surface area contributed by atoms with Gasteiger partial charge in [0, 0.05) is 58.6 Å². The molecule has 0 N–H and O–H groups in total. The summed E-state index contributed by atoms with van der Waals surface area (Å²) in [6, 6.07) is 0. The lowest BCUT2D eigenvalue weighted by molar-refractivity contribution is 0.166. The third-order valence-electron chi connectivity index (χ3n) is 6.82. The third-order valence-corrected chi connectivity index (χ3v) is 12.2. The Morgan fingerprint density at radius 1 is 0.611 bits per heavy atom. The van der Waals surface area contributed by atoms with Crippen LogP contribution in [-0.4, -0.2) is 69.0 Å². The lowest BCUT2D eigenvalue weighted by Gasteiger charge is -2.20. The number of nitrogens with zero attached hydrogens (tertiary/aromatic N) is 4. The lowest BCUT2D eigenvalue weighted by Crippen LogP contribution is -2.09. The van der Waals surface area contributed by atoms with E-state index in [1.807, 2.05) is 47.0 Å². The van der Waals surface area contributed by atoms with Crippen molar-refractivity contribution in [3.8, 4) is 0 Å². The van der Waals surface area contributed by atoms with Gasteiger partial charge in [-0.25, -0.2) is 0 Å². The molecule has 0 amide bonds. The minimum absolute atomic E-state index is 0.487. The standard InChI is InChI=1S/C26H42N4O2S4/c1-19-23(25-33-15-11-31-12-16-34-25)21(3)29(27-19)9-7-5-6-8-10-30-22(4)24(20(2)28-30)26-35-17-13-32-14-18-36-26/h25-26H,5-18H2,1-4H3. The summed E-state index contributed by atoms with van der Waals surface area (Å²) in [6.45, 7) is 14.4. The van der Waals surface area contributed by atoms with E-state index in [-0.39, 0.29) is 0 Å². The fraction of sp³-hybridized carbons (Fsp3) is 0.769. The Hall–Kier alpha value is -0.260. The Kier molecular flexibility index (Phi) is 11.8. The van der Waals surface area contributed by atoms with Crippen LogP contribution in [-0.2, 0) is 22.6 Å². The molecule has 4 rings (SSSR count). The number of ether oxygens (including phenoxy) is 2. The van der Waals surface area contributed by atoms with Gasteiger partial charge >= 0.3 is 0 Å². The maximum absolute atomic E-state index is 5.61. The quantitative estimate of drug-likeness (QED) is 0.314. The fourth-order valence-electron chi connectivity index (χ4n) is 4.91. The second kappa shape index (κ2) is 14.8. The molecule has 0 radical (unpaired) electrons. The predicted octanol–water partition coefficient (Wildman–Crippen LogP) is 6.56. The smallest absolute Gasteiger partial charge is 0.0788 e. The Balaban J connectivity index is 1.23. The summed E-state index contributed by atoms with van der Waals surface area (Å²) < 4.78 is 16.7. The summed E-state index contributed by atoms with van der Waals surface area (Å²) in [7, 11) is 0. The van der Waals surface area contributed by atoms with Gasteiger partial charge < -0.3 is 9.47 Å². The van der Waals surface area contributed by atoms with E-state index in [4.69, 9.17) is 19.7 Å². The van der Waals surface area contributed by atoms with Gasteiger partial charge in [-0.3, -0.25) is 9.36 Å². The van der Waals surface area contributed by atoms with Crippen LogP contribution in [0.4, 0.5) is 0 Å². The van der Waals surface area contributed by atoms with Crippen molar-refractivity contribution >= 4 is 47.0 Å². The molecule has 0 aromatic carbocycles. The van der Waals surface area contributed by atoms with Gasteiger partial charge in [-0.05, 0) is 40.5 Å². The van der Waals surface area contributed by atoms with Crippen molar-refractivity contribution in [2.24, 2.45) is 0 Å². The van der Waals surface area contributed by atoms with Crippen LogP contribution < -0.4 is 0 Å². The van der Waals surface area contributed by atoms with Gasteiger partial charge in [0.1, 0.15) is 0 Å². The van der Waals surface area contributed by atoms with E-state index in [0.717, 1.165) is 62.5 Å². The van der Waals surface area contributed by atoms with Crippen LogP contribution in [0.1, 0.15) is 68.7 Å². The maximum atomic E-state index is 5.61. The van der Waals surface area contributed by atoms with Crippen LogP contribution in [0.5, 0.6) is 0 Å². The zero-order valence-corrected chi connectivity index (χ0v) is 25.6. The van der Waals surface area contributed by atoms with Crippen molar-refractivity contribution in [2.75, 3.05) is 49.4 Å². The molecule has 2 aliphatic heterocycles. The molecule has 2 saturated heterocycles. The van der Waals surface area contributed by atoms with Gasteiger partial charge in [-0.1, -0.05) is 12.8 Å². The van der Waals surface area contributed by atoms with Gasteiger partial charge in [0.15, 0.2) is 0 Å². The highest BCUT2D eigenvalue weighted by molar-refractivity contribution is 8.16. The van der Waals surface area contributed by atoms with Crippen LogP contribution in [0.3, 0.4) is 0 Å². The summed E-state index contributed by atoms with van der Waals surface area (Å²) in [5, 5.41) is 9.84. The SMILES string of the molecule is Cc1nn(CCCCCCn2nc(C)c(C3SCCOCCS3)c2C)c(C)c1C1SCCOCCS1. The van der Waals surface area contributed by atoms with Gasteiger partial charge in [0.2, 0.25) is 0 Å². The molecule has 0 unspecified atom stereocenters. The topological polar surface area (TPSA) is 54.1 Å². The van der Waals surface area contributed by atoms with Crippen molar-refractivity contribution in [1.29, 1.82) is 0 Å². The van der Waals surface area contributed by atoms with Crippen molar-refractivity contribution in [2.45, 2.75) is 75.6 Å². The first-order valence-electron chi connectivity index (χ1n) is 13.3. The molecule has 202 valence electrons. The number of aryl methyl sites for hydroxylation is 4. The van der Waals surface area contributed by atoms with Crippen LogP contribution in [0.15, 0.2) is 0 Å². The van der Waals surface area contributed by atoms with E-state index >= 15 is 0 Å². The Bertz CT molecular complexity index is 872. The average molecular weight is 571 g/mol. The molecule has 0 aliphatic carbocycles. The Morgan fingerprint density at radius 3 is 1.33 bits per heavy atom. The fourth-order valence-corrected chi connectivity index (χ4v) is 10.6. The highest BCUT2D eigenvalue weighted by atomic mass is 32.2. The van der Waals surface area contributed by atoms with Gasteiger partial charge in [0.25, 0.3) is 0 Å². The molecular weight excluding hydrogens is 529 g/mol. The van der Waals surface area contributed by atoms with E-state index < -0.39 is 0 Å². The predicted molar refractivity (Wildman–Crippen MR) is 159 cm³/mol. The molecule has 2 fully saturated rings. The summed E-state index contributed by atoms with van der Waals surface area (Å²) in [5.74, 6) is 4.25. The highest BCUT2D eigenvalue weighted by Gasteiger charge is 2.24. The summed E-state index contributed by atoms with van der Waals surface area (Å²) in [4.78, 5) is 0. The summed E-state index contributed by atoms with van der Waals surface area (Å²) in [6.07, 6.45) is 4.83. The molecular formula is C26H42N4O2S4. The van der Waals surface area contributed by atoms with Gasteiger partial charge in [0.05, 0.1) is 47.0 Å². The number of aromatic nitrogens is 4. The van der Waals surface area contributed by atoms with Gasteiger partial charge in [-0.2, -0.15) is 10.2 Å². The van der Waals surface area contributed by atoms with Crippen molar-refractivity contribution in [3.63, 3.8) is 0 Å².